The first-order valence-electron chi connectivity index (χ1n) is 5.03. The zero-order chi connectivity index (χ0) is 11.6. The molecule has 3 heteroatoms. The molecule has 0 fully saturated rings. The van der Waals surface area contributed by atoms with Gasteiger partial charge >= 0.3 is 0 Å². The van der Waals surface area contributed by atoms with Crippen molar-refractivity contribution in [1.82, 2.24) is 0 Å². The topological polar surface area (TPSA) is 49.7 Å². The van der Waals surface area contributed by atoms with Crippen LogP contribution in [0.1, 0.15) is 31.9 Å². The molecule has 1 aromatic rings. The average Bonchev–Trinajstić information content (AvgIpc) is 2.15. The van der Waals surface area contributed by atoms with Crippen molar-refractivity contribution in [3.05, 3.63) is 23.3 Å². The zero-order valence-corrected chi connectivity index (χ0v) is 9.66. The molecule has 84 valence electrons. The van der Waals surface area contributed by atoms with Gasteiger partial charge in [0.2, 0.25) is 0 Å². The van der Waals surface area contributed by atoms with E-state index < -0.39 is 5.60 Å². The van der Waals surface area contributed by atoms with E-state index in [1.165, 1.54) is 7.11 Å². The molecular weight excluding hydrogens is 192 g/mol. The Morgan fingerprint density at radius 3 is 2.33 bits per heavy atom. The summed E-state index contributed by atoms with van der Waals surface area (Å²) in [6, 6.07) is 3.58. The standard InChI is InChI=1S/C12H18O3/c1-5-8-6-7-9(15-4)11(13)10(8)12(2,3)14/h6-7,13-14H,5H2,1-4H3. The summed E-state index contributed by atoms with van der Waals surface area (Å²) in [5, 5.41) is 19.9. The number of hydrogen-bond donors (Lipinski definition) is 2. The highest BCUT2D eigenvalue weighted by Crippen LogP contribution is 2.38. The fourth-order valence-electron chi connectivity index (χ4n) is 1.76. The summed E-state index contributed by atoms with van der Waals surface area (Å²) in [6.07, 6.45) is 0.761. The van der Waals surface area contributed by atoms with Crippen molar-refractivity contribution in [1.29, 1.82) is 0 Å². The predicted molar refractivity (Wildman–Crippen MR) is 59.3 cm³/mol. The zero-order valence-electron chi connectivity index (χ0n) is 9.66. The molecule has 0 aromatic heterocycles. The Kier molecular flexibility index (Phi) is 3.25. The lowest BCUT2D eigenvalue weighted by Gasteiger charge is -2.23. The molecule has 0 atom stereocenters. The SMILES string of the molecule is CCc1ccc(OC)c(O)c1C(C)(C)O. The number of aromatic hydroxyl groups is 1. The maximum atomic E-state index is 9.99. The van der Waals surface area contributed by atoms with Gasteiger partial charge in [0.15, 0.2) is 11.5 Å². The van der Waals surface area contributed by atoms with Gasteiger partial charge in [0.1, 0.15) is 0 Å². The summed E-state index contributed by atoms with van der Waals surface area (Å²) in [5.41, 5.74) is 0.411. The first-order valence-corrected chi connectivity index (χ1v) is 5.03. The van der Waals surface area contributed by atoms with Gasteiger partial charge in [-0.3, -0.25) is 0 Å². The summed E-state index contributed by atoms with van der Waals surface area (Å²) in [5.74, 6) is 0.425. The van der Waals surface area contributed by atoms with E-state index in [0.29, 0.717) is 11.3 Å². The summed E-state index contributed by atoms with van der Waals surface area (Å²) in [6.45, 7) is 5.29. The number of methoxy groups -OCH3 is 1. The number of rotatable bonds is 3. The molecule has 15 heavy (non-hydrogen) atoms. The van der Waals surface area contributed by atoms with Gasteiger partial charge in [0.25, 0.3) is 0 Å². The molecule has 0 radical (unpaired) electrons. The van der Waals surface area contributed by atoms with E-state index in [2.05, 4.69) is 0 Å². The van der Waals surface area contributed by atoms with E-state index in [1.807, 2.05) is 13.0 Å². The quantitative estimate of drug-likeness (QED) is 0.804. The maximum absolute atomic E-state index is 9.99. The van der Waals surface area contributed by atoms with E-state index >= 15 is 0 Å². The number of ether oxygens (including phenoxy) is 1. The number of hydrogen-bond acceptors (Lipinski definition) is 3. The Labute approximate surface area is 90.3 Å². The lowest BCUT2D eigenvalue weighted by Crippen LogP contribution is -2.18. The van der Waals surface area contributed by atoms with Gasteiger partial charge in [0.05, 0.1) is 12.7 Å². The third kappa shape index (κ3) is 2.23. The number of benzene rings is 1. The van der Waals surface area contributed by atoms with E-state index in [4.69, 9.17) is 4.74 Å². The second-order valence-electron chi connectivity index (χ2n) is 4.06. The fourth-order valence-corrected chi connectivity index (χ4v) is 1.76. The molecule has 3 nitrogen and oxygen atoms in total. The van der Waals surface area contributed by atoms with Crippen LogP contribution in [-0.2, 0) is 12.0 Å². The third-order valence-electron chi connectivity index (χ3n) is 2.44. The van der Waals surface area contributed by atoms with Gasteiger partial charge in [-0.25, -0.2) is 0 Å². The van der Waals surface area contributed by atoms with Crippen molar-refractivity contribution in [2.45, 2.75) is 32.8 Å². The minimum absolute atomic E-state index is 0.0318. The maximum Gasteiger partial charge on any atom is 0.164 e. The van der Waals surface area contributed by atoms with Crippen LogP contribution in [0, 0.1) is 0 Å². The van der Waals surface area contributed by atoms with Gasteiger partial charge < -0.3 is 14.9 Å². The van der Waals surface area contributed by atoms with Gasteiger partial charge in [-0.1, -0.05) is 13.0 Å². The van der Waals surface area contributed by atoms with Crippen molar-refractivity contribution >= 4 is 0 Å². The van der Waals surface area contributed by atoms with Crippen LogP contribution < -0.4 is 4.74 Å². The molecule has 0 aliphatic heterocycles. The Morgan fingerprint density at radius 1 is 1.33 bits per heavy atom. The fraction of sp³-hybridized carbons (Fsp3) is 0.500. The number of phenols is 1. The highest BCUT2D eigenvalue weighted by atomic mass is 16.5. The number of phenolic OH excluding ortho intramolecular Hbond substituents is 1. The van der Waals surface area contributed by atoms with Gasteiger partial charge in [-0.15, -0.1) is 0 Å². The Bertz CT molecular complexity index is 351. The summed E-state index contributed by atoms with van der Waals surface area (Å²) >= 11 is 0. The van der Waals surface area contributed by atoms with Crippen LogP contribution in [0.3, 0.4) is 0 Å². The van der Waals surface area contributed by atoms with Crippen LogP contribution in [0.2, 0.25) is 0 Å². The highest BCUT2D eigenvalue weighted by Gasteiger charge is 2.25. The molecule has 0 bridgehead atoms. The van der Waals surface area contributed by atoms with Crippen molar-refractivity contribution < 1.29 is 14.9 Å². The molecule has 0 aliphatic rings. The van der Waals surface area contributed by atoms with Crippen molar-refractivity contribution in [2.24, 2.45) is 0 Å². The van der Waals surface area contributed by atoms with Crippen LogP contribution >= 0.6 is 0 Å². The Balaban J connectivity index is 3.43. The second kappa shape index (κ2) is 4.11. The minimum Gasteiger partial charge on any atom is -0.504 e. The van der Waals surface area contributed by atoms with Crippen LogP contribution in [0.4, 0.5) is 0 Å². The molecule has 0 aliphatic carbocycles. The molecule has 0 saturated heterocycles. The van der Waals surface area contributed by atoms with E-state index in [1.54, 1.807) is 19.9 Å². The van der Waals surface area contributed by atoms with E-state index in [0.717, 1.165) is 12.0 Å². The van der Waals surface area contributed by atoms with Crippen LogP contribution in [-0.4, -0.2) is 17.3 Å². The van der Waals surface area contributed by atoms with Gasteiger partial charge in [0, 0.05) is 5.56 Å². The number of aliphatic hydroxyl groups is 1. The third-order valence-corrected chi connectivity index (χ3v) is 2.44. The lowest BCUT2D eigenvalue weighted by atomic mass is 9.90. The predicted octanol–water partition coefficient (Wildman–Crippen LogP) is 2.19. The number of aryl methyl sites for hydroxylation is 1. The molecule has 2 N–H and O–H groups in total. The van der Waals surface area contributed by atoms with E-state index in [-0.39, 0.29) is 5.75 Å². The first-order chi connectivity index (χ1) is 6.91. The highest BCUT2D eigenvalue weighted by molar-refractivity contribution is 5.52. The molecule has 1 rings (SSSR count). The summed E-state index contributed by atoms with van der Waals surface area (Å²) in [7, 11) is 1.49. The van der Waals surface area contributed by atoms with Crippen molar-refractivity contribution in [3.8, 4) is 11.5 Å². The van der Waals surface area contributed by atoms with Gasteiger partial charge in [-0.2, -0.15) is 0 Å². The van der Waals surface area contributed by atoms with Crippen LogP contribution in [0.15, 0.2) is 12.1 Å². The summed E-state index contributed by atoms with van der Waals surface area (Å²) in [4.78, 5) is 0. The molecule has 0 heterocycles. The molecule has 0 amide bonds. The molecule has 0 spiro atoms. The molecule has 0 unspecified atom stereocenters. The Morgan fingerprint density at radius 2 is 1.93 bits per heavy atom. The molecule has 0 saturated carbocycles. The van der Waals surface area contributed by atoms with Crippen LogP contribution in [0.25, 0.3) is 0 Å². The van der Waals surface area contributed by atoms with E-state index in [9.17, 15) is 10.2 Å². The normalized spacial score (nSPS) is 11.5. The summed E-state index contributed by atoms with van der Waals surface area (Å²) < 4.78 is 5.02. The van der Waals surface area contributed by atoms with Crippen molar-refractivity contribution in [3.63, 3.8) is 0 Å². The van der Waals surface area contributed by atoms with Crippen molar-refractivity contribution in [2.75, 3.05) is 7.11 Å². The monoisotopic (exact) mass is 210 g/mol. The minimum atomic E-state index is -1.07. The second-order valence-corrected chi connectivity index (χ2v) is 4.06. The smallest absolute Gasteiger partial charge is 0.164 e. The first kappa shape index (κ1) is 11.9. The van der Waals surface area contributed by atoms with Gasteiger partial charge in [-0.05, 0) is 31.9 Å². The molecule has 1 aromatic carbocycles. The van der Waals surface area contributed by atoms with Crippen LogP contribution in [0.5, 0.6) is 11.5 Å². The molecular formula is C12H18O3. The average molecular weight is 210 g/mol. The Hall–Kier alpha value is -1.22. The lowest BCUT2D eigenvalue weighted by molar-refractivity contribution is 0.0743. The largest absolute Gasteiger partial charge is 0.504 e.